The molecule has 0 saturated carbocycles. The molecule has 4 nitrogen and oxygen atoms in total. The van der Waals surface area contributed by atoms with E-state index in [2.05, 4.69) is 0 Å². The predicted molar refractivity (Wildman–Crippen MR) is 63.1 cm³/mol. The molecule has 0 saturated heterocycles. The van der Waals surface area contributed by atoms with Crippen molar-refractivity contribution in [2.75, 3.05) is 12.4 Å². The Morgan fingerprint density at radius 2 is 2.31 bits per heavy atom. The first-order valence-electron chi connectivity index (χ1n) is 4.86. The summed E-state index contributed by atoms with van der Waals surface area (Å²) in [6, 6.07) is 5.18. The maximum absolute atomic E-state index is 11.6. The van der Waals surface area contributed by atoms with Gasteiger partial charge in [-0.05, 0) is 19.1 Å². The summed E-state index contributed by atoms with van der Waals surface area (Å²) < 4.78 is 6.31. The molecule has 1 aromatic heterocycles. The van der Waals surface area contributed by atoms with Gasteiger partial charge in [-0.1, -0.05) is 17.7 Å². The van der Waals surface area contributed by atoms with Gasteiger partial charge in [-0.25, -0.2) is 4.79 Å². The number of ether oxygens (including phenoxy) is 1. The van der Waals surface area contributed by atoms with Crippen molar-refractivity contribution in [3.8, 4) is 0 Å². The Morgan fingerprint density at radius 3 is 3.00 bits per heavy atom. The van der Waals surface area contributed by atoms with E-state index in [0.29, 0.717) is 22.7 Å². The van der Waals surface area contributed by atoms with Crippen LogP contribution in [0, 0.1) is 0 Å². The quantitative estimate of drug-likeness (QED) is 0.645. The van der Waals surface area contributed by atoms with Crippen LogP contribution in [0.25, 0.3) is 10.9 Å². The summed E-state index contributed by atoms with van der Waals surface area (Å²) in [5.74, 6) is 5.35. The van der Waals surface area contributed by atoms with Gasteiger partial charge in [-0.15, -0.1) is 0 Å². The minimum atomic E-state index is -0.376. The number of benzene rings is 1. The summed E-state index contributed by atoms with van der Waals surface area (Å²) in [5.41, 5.74) is 1.16. The van der Waals surface area contributed by atoms with E-state index in [1.807, 2.05) is 0 Å². The lowest BCUT2D eigenvalue weighted by molar-refractivity contribution is 0.0528. The summed E-state index contributed by atoms with van der Waals surface area (Å²) in [5, 5.41) is 1.32. The standard InChI is InChI=1S/C11H11ClN2O2/c1-2-16-11(15)9-6-14(13)10-5-7(12)3-4-8(9)10/h3-6H,2,13H2,1H3. The number of esters is 1. The molecule has 0 aliphatic carbocycles. The number of nitrogens with two attached hydrogens (primary N) is 1. The van der Waals surface area contributed by atoms with E-state index < -0.39 is 0 Å². The summed E-state index contributed by atoms with van der Waals surface area (Å²) in [4.78, 5) is 11.6. The fourth-order valence-corrected chi connectivity index (χ4v) is 1.76. The van der Waals surface area contributed by atoms with Crippen LogP contribution in [-0.2, 0) is 4.74 Å². The van der Waals surface area contributed by atoms with Crippen molar-refractivity contribution >= 4 is 28.5 Å². The molecule has 2 rings (SSSR count). The van der Waals surface area contributed by atoms with Crippen molar-refractivity contribution in [1.82, 2.24) is 4.68 Å². The van der Waals surface area contributed by atoms with Gasteiger partial charge in [-0.2, -0.15) is 0 Å². The third-order valence-electron chi connectivity index (χ3n) is 2.29. The van der Waals surface area contributed by atoms with E-state index in [0.717, 1.165) is 5.39 Å². The van der Waals surface area contributed by atoms with Gasteiger partial charge >= 0.3 is 5.97 Å². The minimum Gasteiger partial charge on any atom is -0.462 e. The highest BCUT2D eigenvalue weighted by Crippen LogP contribution is 2.23. The largest absolute Gasteiger partial charge is 0.462 e. The fraction of sp³-hybridized carbons (Fsp3) is 0.182. The zero-order chi connectivity index (χ0) is 11.7. The van der Waals surface area contributed by atoms with E-state index in [9.17, 15) is 4.79 Å². The van der Waals surface area contributed by atoms with Crippen LogP contribution in [0.4, 0.5) is 0 Å². The monoisotopic (exact) mass is 238 g/mol. The second-order valence-electron chi connectivity index (χ2n) is 3.33. The normalized spacial score (nSPS) is 10.6. The second-order valence-corrected chi connectivity index (χ2v) is 3.77. The molecule has 2 aromatic rings. The molecule has 5 heteroatoms. The highest BCUT2D eigenvalue weighted by Gasteiger charge is 2.15. The second kappa shape index (κ2) is 4.06. The highest BCUT2D eigenvalue weighted by atomic mass is 35.5. The molecule has 0 radical (unpaired) electrons. The Labute approximate surface area is 97.5 Å². The Hall–Kier alpha value is -1.68. The first kappa shape index (κ1) is 10.8. The van der Waals surface area contributed by atoms with E-state index in [1.54, 1.807) is 31.3 Å². The maximum Gasteiger partial charge on any atom is 0.340 e. The summed E-state index contributed by atoms with van der Waals surface area (Å²) in [7, 11) is 0. The predicted octanol–water partition coefficient (Wildman–Crippen LogP) is 2.19. The number of hydrogen-bond acceptors (Lipinski definition) is 3. The summed E-state index contributed by atoms with van der Waals surface area (Å²) in [6.07, 6.45) is 1.54. The molecule has 84 valence electrons. The van der Waals surface area contributed by atoms with Gasteiger partial charge in [0.15, 0.2) is 0 Å². The van der Waals surface area contributed by atoms with Gasteiger partial charge in [0.2, 0.25) is 0 Å². The molecule has 1 heterocycles. The molecule has 0 aliphatic rings. The Morgan fingerprint density at radius 1 is 1.56 bits per heavy atom. The number of fused-ring (bicyclic) bond motifs is 1. The van der Waals surface area contributed by atoms with Gasteiger partial charge in [0.1, 0.15) is 0 Å². The SMILES string of the molecule is CCOC(=O)c1cn(N)c2cc(Cl)ccc12. The summed E-state index contributed by atoms with van der Waals surface area (Å²) in [6.45, 7) is 2.10. The van der Waals surface area contributed by atoms with Crippen LogP contribution in [-0.4, -0.2) is 17.3 Å². The van der Waals surface area contributed by atoms with Crippen molar-refractivity contribution in [1.29, 1.82) is 0 Å². The lowest BCUT2D eigenvalue weighted by Gasteiger charge is -1.99. The molecule has 0 unspecified atom stereocenters. The van der Waals surface area contributed by atoms with Crippen molar-refractivity contribution in [2.45, 2.75) is 6.92 Å². The van der Waals surface area contributed by atoms with Crippen molar-refractivity contribution < 1.29 is 9.53 Å². The average Bonchev–Trinajstić information content (AvgIpc) is 2.56. The first-order valence-corrected chi connectivity index (χ1v) is 5.24. The van der Waals surface area contributed by atoms with Gasteiger partial charge < -0.3 is 10.6 Å². The van der Waals surface area contributed by atoms with E-state index in [-0.39, 0.29) is 5.97 Å². The number of nitrogens with zero attached hydrogens (tertiary/aromatic N) is 1. The number of carbonyl (C=O) groups is 1. The smallest absolute Gasteiger partial charge is 0.340 e. The zero-order valence-electron chi connectivity index (χ0n) is 8.74. The van der Waals surface area contributed by atoms with Gasteiger partial charge in [0.05, 0.1) is 17.7 Å². The van der Waals surface area contributed by atoms with Crippen LogP contribution in [0.15, 0.2) is 24.4 Å². The van der Waals surface area contributed by atoms with Crippen LogP contribution in [0.5, 0.6) is 0 Å². The average molecular weight is 239 g/mol. The van der Waals surface area contributed by atoms with Crippen molar-refractivity contribution in [3.05, 3.63) is 35.0 Å². The molecular formula is C11H11ClN2O2. The van der Waals surface area contributed by atoms with Crippen LogP contribution < -0.4 is 5.84 Å². The van der Waals surface area contributed by atoms with Gasteiger partial charge in [0, 0.05) is 16.6 Å². The summed E-state index contributed by atoms with van der Waals surface area (Å²) >= 11 is 5.86. The lowest BCUT2D eigenvalue weighted by atomic mass is 10.2. The number of carbonyl (C=O) groups excluding carboxylic acids is 1. The third kappa shape index (κ3) is 1.72. The number of rotatable bonds is 2. The van der Waals surface area contributed by atoms with Crippen molar-refractivity contribution in [2.24, 2.45) is 0 Å². The Bertz CT molecular complexity index is 548. The van der Waals surface area contributed by atoms with Gasteiger partial charge in [-0.3, -0.25) is 4.68 Å². The molecule has 2 N–H and O–H groups in total. The topological polar surface area (TPSA) is 57.2 Å². The zero-order valence-corrected chi connectivity index (χ0v) is 9.49. The Kier molecular flexibility index (Phi) is 2.75. The molecule has 0 amide bonds. The molecule has 0 spiro atoms. The van der Waals surface area contributed by atoms with Crippen LogP contribution in [0.1, 0.15) is 17.3 Å². The van der Waals surface area contributed by atoms with Crippen LogP contribution in [0.2, 0.25) is 5.02 Å². The maximum atomic E-state index is 11.6. The number of nitrogen functional groups attached to an aromatic ring is 1. The molecule has 0 aliphatic heterocycles. The lowest BCUT2D eigenvalue weighted by Crippen LogP contribution is -2.07. The van der Waals surface area contributed by atoms with E-state index >= 15 is 0 Å². The van der Waals surface area contributed by atoms with E-state index in [1.165, 1.54) is 4.68 Å². The number of halogens is 1. The molecule has 1 aromatic carbocycles. The molecular weight excluding hydrogens is 228 g/mol. The number of aromatic nitrogens is 1. The van der Waals surface area contributed by atoms with Crippen molar-refractivity contribution in [3.63, 3.8) is 0 Å². The Balaban J connectivity index is 2.59. The van der Waals surface area contributed by atoms with Crippen LogP contribution in [0.3, 0.4) is 0 Å². The third-order valence-corrected chi connectivity index (χ3v) is 2.53. The first-order chi connectivity index (χ1) is 7.63. The molecule has 16 heavy (non-hydrogen) atoms. The van der Waals surface area contributed by atoms with Crippen LogP contribution >= 0.6 is 11.6 Å². The minimum absolute atomic E-state index is 0.337. The highest BCUT2D eigenvalue weighted by molar-refractivity contribution is 6.31. The fourth-order valence-electron chi connectivity index (χ4n) is 1.60. The molecule has 0 fully saturated rings. The number of hydrogen-bond donors (Lipinski definition) is 1. The van der Waals surface area contributed by atoms with Gasteiger partial charge in [0.25, 0.3) is 0 Å². The molecule has 0 atom stereocenters. The van der Waals surface area contributed by atoms with E-state index in [4.69, 9.17) is 22.2 Å². The molecule has 0 bridgehead atoms.